The molecule has 1 heterocycles. The van der Waals surface area contributed by atoms with Crippen LogP contribution in [-0.4, -0.2) is 36.0 Å². The lowest BCUT2D eigenvalue weighted by Gasteiger charge is -2.32. The van der Waals surface area contributed by atoms with Gasteiger partial charge in [0.25, 0.3) is 0 Å². The Morgan fingerprint density at radius 2 is 1.89 bits per heavy atom. The van der Waals surface area contributed by atoms with Gasteiger partial charge in [-0.3, -0.25) is 0 Å². The number of aryl methyl sites for hydroxylation is 1. The van der Waals surface area contributed by atoms with Gasteiger partial charge in [0.2, 0.25) is 10.0 Å². The van der Waals surface area contributed by atoms with Crippen LogP contribution in [0.4, 0.5) is 0 Å². The fraction of sp³-hybridized carbons (Fsp3) is 0.571. The van der Waals surface area contributed by atoms with Gasteiger partial charge >= 0.3 is 0 Å². The number of benzene rings is 1. The normalized spacial score (nSPS) is 23.7. The summed E-state index contributed by atoms with van der Waals surface area (Å²) in [5.41, 5.74) is 0.363. The second kappa shape index (κ2) is 4.89. The van der Waals surface area contributed by atoms with Gasteiger partial charge in [0, 0.05) is 6.54 Å². The number of hydrogen-bond donors (Lipinski definition) is 1. The fourth-order valence-corrected chi connectivity index (χ4v) is 4.32. The second-order valence-electron chi connectivity index (χ2n) is 5.53. The average molecular weight is 283 g/mol. The lowest BCUT2D eigenvalue weighted by molar-refractivity contribution is 0.0901. The first-order chi connectivity index (χ1) is 8.80. The topological polar surface area (TPSA) is 57.6 Å². The summed E-state index contributed by atoms with van der Waals surface area (Å²) >= 11 is 0. The molecule has 0 radical (unpaired) electrons. The first-order valence-electron chi connectivity index (χ1n) is 6.60. The molecule has 106 valence electrons. The highest BCUT2D eigenvalue weighted by Crippen LogP contribution is 2.34. The third-order valence-electron chi connectivity index (χ3n) is 3.98. The Labute approximate surface area is 115 Å². The molecular formula is C14H21NO3S. The van der Waals surface area contributed by atoms with Gasteiger partial charge in [0.15, 0.2) is 0 Å². The predicted octanol–water partition coefficient (Wildman–Crippen LogP) is 1.78. The van der Waals surface area contributed by atoms with Gasteiger partial charge in [0.1, 0.15) is 0 Å². The number of nitrogens with zero attached hydrogens (tertiary/aromatic N) is 1. The third-order valence-corrected chi connectivity index (χ3v) is 6.08. The van der Waals surface area contributed by atoms with Crippen molar-refractivity contribution >= 4 is 10.0 Å². The number of hydrogen-bond acceptors (Lipinski definition) is 3. The smallest absolute Gasteiger partial charge is 0.243 e. The van der Waals surface area contributed by atoms with E-state index in [1.807, 2.05) is 19.1 Å². The molecule has 1 aliphatic rings. The first kappa shape index (κ1) is 14.5. The van der Waals surface area contributed by atoms with Gasteiger partial charge in [-0.1, -0.05) is 19.1 Å². The average Bonchev–Trinajstić information content (AvgIpc) is 2.64. The van der Waals surface area contributed by atoms with Crippen LogP contribution in [0.15, 0.2) is 29.2 Å². The van der Waals surface area contributed by atoms with Crippen LogP contribution in [0, 0.1) is 0 Å². The van der Waals surface area contributed by atoms with Crippen molar-refractivity contribution in [1.82, 2.24) is 4.31 Å². The molecule has 4 nitrogen and oxygen atoms in total. The van der Waals surface area contributed by atoms with Crippen molar-refractivity contribution in [3.8, 4) is 0 Å². The lowest BCUT2D eigenvalue weighted by Crippen LogP contribution is -2.47. The molecule has 0 aliphatic carbocycles. The molecule has 1 N–H and O–H groups in total. The Bertz CT molecular complexity index is 549. The van der Waals surface area contributed by atoms with Gasteiger partial charge in [-0.2, -0.15) is 4.31 Å². The van der Waals surface area contributed by atoms with Crippen LogP contribution in [0.2, 0.25) is 0 Å². The maximum absolute atomic E-state index is 12.6. The summed E-state index contributed by atoms with van der Waals surface area (Å²) < 4.78 is 26.6. The second-order valence-corrected chi connectivity index (χ2v) is 7.40. The van der Waals surface area contributed by atoms with Gasteiger partial charge < -0.3 is 5.11 Å². The number of aliphatic hydroxyl groups is 1. The van der Waals surface area contributed by atoms with Crippen molar-refractivity contribution in [2.75, 3.05) is 6.54 Å². The summed E-state index contributed by atoms with van der Waals surface area (Å²) in [6.45, 7) is 5.93. The minimum Gasteiger partial charge on any atom is -0.391 e. The summed E-state index contributed by atoms with van der Waals surface area (Å²) in [7, 11) is -3.53. The van der Waals surface area contributed by atoms with E-state index in [1.165, 1.54) is 4.31 Å². The van der Waals surface area contributed by atoms with E-state index in [1.54, 1.807) is 26.0 Å². The van der Waals surface area contributed by atoms with Crippen LogP contribution < -0.4 is 0 Å². The molecule has 19 heavy (non-hydrogen) atoms. The first-order valence-corrected chi connectivity index (χ1v) is 8.04. The highest BCUT2D eigenvalue weighted by atomic mass is 32.2. The number of rotatable bonds is 3. The summed E-state index contributed by atoms with van der Waals surface area (Å²) in [5.74, 6) is 0. The molecule has 1 unspecified atom stereocenters. The van der Waals surface area contributed by atoms with Crippen molar-refractivity contribution < 1.29 is 13.5 Å². The minimum absolute atomic E-state index is 0.298. The fourth-order valence-electron chi connectivity index (χ4n) is 2.50. The molecule has 0 saturated carbocycles. The molecule has 1 saturated heterocycles. The zero-order valence-electron chi connectivity index (χ0n) is 11.6. The van der Waals surface area contributed by atoms with Crippen LogP contribution in [0.5, 0.6) is 0 Å². The summed E-state index contributed by atoms with van der Waals surface area (Å²) in [4.78, 5) is 0.298. The summed E-state index contributed by atoms with van der Waals surface area (Å²) in [6, 6.07) is 6.97. The number of sulfonamides is 1. The monoisotopic (exact) mass is 283 g/mol. The van der Waals surface area contributed by atoms with Crippen molar-refractivity contribution in [2.45, 2.75) is 50.2 Å². The van der Waals surface area contributed by atoms with Crippen molar-refractivity contribution in [3.05, 3.63) is 29.8 Å². The largest absolute Gasteiger partial charge is 0.391 e. The Kier molecular flexibility index (Phi) is 3.73. The molecule has 0 spiro atoms. The van der Waals surface area contributed by atoms with Crippen LogP contribution in [0.3, 0.4) is 0 Å². The Morgan fingerprint density at radius 1 is 1.32 bits per heavy atom. The zero-order valence-corrected chi connectivity index (χ0v) is 12.4. The Morgan fingerprint density at radius 3 is 2.32 bits per heavy atom. The summed E-state index contributed by atoms with van der Waals surface area (Å²) in [6.07, 6.45) is 0.755. The van der Waals surface area contributed by atoms with E-state index in [9.17, 15) is 13.5 Å². The zero-order chi connectivity index (χ0) is 14.3. The van der Waals surface area contributed by atoms with Crippen molar-refractivity contribution in [1.29, 1.82) is 0 Å². The maximum atomic E-state index is 12.6. The highest BCUT2D eigenvalue weighted by molar-refractivity contribution is 7.89. The van der Waals surface area contributed by atoms with Crippen LogP contribution in [-0.2, 0) is 16.4 Å². The van der Waals surface area contributed by atoms with Crippen LogP contribution in [0.1, 0.15) is 32.8 Å². The highest BCUT2D eigenvalue weighted by Gasteiger charge is 2.46. The van der Waals surface area contributed by atoms with Crippen molar-refractivity contribution in [3.63, 3.8) is 0 Å². The van der Waals surface area contributed by atoms with E-state index in [0.717, 1.165) is 12.0 Å². The van der Waals surface area contributed by atoms with Gasteiger partial charge in [-0.15, -0.1) is 0 Å². The summed E-state index contributed by atoms with van der Waals surface area (Å²) in [5, 5.41) is 9.91. The third kappa shape index (κ3) is 2.42. The van der Waals surface area contributed by atoms with Gasteiger partial charge in [-0.05, 0) is 44.4 Å². The van der Waals surface area contributed by atoms with E-state index < -0.39 is 21.7 Å². The molecule has 0 amide bonds. The van der Waals surface area contributed by atoms with E-state index in [2.05, 4.69) is 0 Å². The lowest BCUT2D eigenvalue weighted by atomic mass is 10.0. The molecule has 1 aromatic carbocycles. The molecule has 2 rings (SSSR count). The Balaban J connectivity index is 2.37. The molecule has 1 aliphatic heterocycles. The van der Waals surface area contributed by atoms with E-state index in [0.29, 0.717) is 17.9 Å². The maximum Gasteiger partial charge on any atom is 0.243 e. The van der Waals surface area contributed by atoms with Gasteiger partial charge in [0.05, 0.1) is 16.5 Å². The SMILES string of the molecule is CCc1ccc(S(=O)(=O)N2CCC(O)C2(C)C)cc1. The van der Waals surface area contributed by atoms with E-state index >= 15 is 0 Å². The van der Waals surface area contributed by atoms with E-state index in [4.69, 9.17) is 0 Å². The molecule has 1 fully saturated rings. The van der Waals surface area contributed by atoms with Crippen LogP contribution in [0.25, 0.3) is 0 Å². The quantitative estimate of drug-likeness (QED) is 0.920. The van der Waals surface area contributed by atoms with E-state index in [-0.39, 0.29) is 0 Å². The standard InChI is InChI=1S/C14H21NO3S/c1-4-11-5-7-12(8-6-11)19(17,18)15-10-9-13(16)14(15,2)3/h5-8,13,16H,4,9-10H2,1-3H3. The van der Waals surface area contributed by atoms with Crippen LogP contribution >= 0.6 is 0 Å². The van der Waals surface area contributed by atoms with Gasteiger partial charge in [-0.25, -0.2) is 8.42 Å². The van der Waals surface area contributed by atoms with Crippen molar-refractivity contribution in [2.24, 2.45) is 0 Å². The Hall–Kier alpha value is -0.910. The minimum atomic E-state index is -3.53. The molecule has 1 aromatic rings. The molecule has 0 bridgehead atoms. The molecule has 0 aromatic heterocycles. The predicted molar refractivity (Wildman–Crippen MR) is 74.4 cm³/mol. The molecule has 1 atom stereocenters. The molecule has 5 heteroatoms. The molecular weight excluding hydrogens is 262 g/mol. The number of aliphatic hydroxyl groups excluding tert-OH is 1.